The van der Waals surface area contributed by atoms with Crippen LogP contribution in [0.3, 0.4) is 0 Å². The van der Waals surface area contributed by atoms with E-state index in [4.69, 9.17) is 8.85 Å². The maximum Gasteiger partial charge on any atom is 0.337 e. The number of hydrogen-bond donors (Lipinski definition) is 1. The Morgan fingerprint density at radius 1 is 0.483 bits per heavy atom. The fourth-order valence-electron chi connectivity index (χ4n) is 4.33. The molecule has 0 atom stereocenters. The van der Waals surface area contributed by atoms with Crippen LogP contribution in [0.1, 0.15) is 129 Å². The van der Waals surface area contributed by atoms with Crippen LogP contribution in [0.4, 0.5) is 0 Å². The molecule has 4 heteroatoms. The Bertz CT molecular complexity index is 311. The standard InChI is InChI=1S/C25H54O2SSi/c1-4-24-29(26-2,27-3)25-22-20-18-16-14-12-10-8-6-5-7-9-11-13-15-17-19-21-23-28/h28H,4-25H2,1-3H3. The molecule has 0 aliphatic heterocycles. The molecule has 0 saturated heterocycles. The Labute approximate surface area is 191 Å². The van der Waals surface area contributed by atoms with Gasteiger partial charge in [-0.25, -0.2) is 0 Å². The lowest BCUT2D eigenvalue weighted by Gasteiger charge is -2.27. The smallest absolute Gasteiger partial charge is 0.337 e. The van der Waals surface area contributed by atoms with E-state index in [9.17, 15) is 0 Å². The van der Waals surface area contributed by atoms with Gasteiger partial charge in [0.2, 0.25) is 0 Å². The van der Waals surface area contributed by atoms with Crippen LogP contribution in [0, 0.1) is 0 Å². The Balaban J connectivity index is 3.24. The van der Waals surface area contributed by atoms with Crippen LogP contribution in [0.15, 0.2) is 0 Å². The summed E-state index contributed by atoms with van der Waals surface area (Å²) < 4.78 is 11.6. The SMILES string of the molecule is CCC[Si](CCCCCCCCCCCCCCCCCCCCS)(OC)OC. The van der Waals surface area contributed by atoms with Gasteiger partial charge in [-0.2, -0.15) is 12.6 Å². The number of thiol groups is 1. The van der Waals surface area contributed by atoms with Gasteiger partial charge in [-0.3, -0.25) is 0 Å². The highest BCUT2D eigenvalue weighted by Gasteiger charge is 2.33. The summed E-state index contributed by atoms with van der Waals surface area (Å²) in [6.45, 7) is 2.23. The summed E-state index contributed by atoms with van der Waals surface area (Å²) in [6, 6.07) is 2.31. The van der Waals surface area contributed by atoms with Gasteiger partial charge in [0.25, 0.3) is 0 Å². The van der Waals surface area contributed by atoms with Crippen molar-refractivity contribution in [2.45, 2.75) is 141 Å². The van der Waals surface area contributed by atoms with E-state index >= 15 is 0 Å². The molecule has 0 amide bonds. The van der Waals surface area contributed by atoms with Gasteiger partial charge in [0.15, 0.2) is 0 Å². The van der Waals surface area contributed by atoms with E-state index in [0.29, 0.717) is 0 Å². The first-order chi connectivity index (χ1) is 14.2. The van der Waals surface area contributed by atoms with E-state index in [1.54, 1.807) is 0 Å². The number of unbranched alkanes of at least 4 members (excludes halogenated alkanes) is 17. The average Bonchev–Trinajstić information content (AvgIpc) is 2.74. The van der Waals surface area contributed by atoms with Crippen LogP contribution in [-0.4, -0.2) is 28.5 Å². The summed E-state index contributed by atoms with van der Waals surface area (Å²) in [7, 11) is 1.83. The zero-order valence-electron chi connectivity index (χ0n) is 20.3. The Morgan fingerprint density at radius 2 is 0.793 bits per heavy atom. The minimum absolute atomic E-state index is 1.06. The topological polar surface area (TPSA) is 18.5 Å². The summed E-state index contributed by atoms with van der Waals surface area (Å²) in [4.78, 5) is 0. The van der Waals surface area contributed by atoms with Gasteiger partial charge in [0.1, 0.15) is 0 Å². The van der Waals surface area contributed by atoms with Crippen molar-refractivity contribution in [1.29, 1.82) is 0 Å². The summed E-state index contributed by atoms with van der Waals surface area (Å²) >= 11 is 4.27. The maximum atomic E-state index is 5.78. The molecule has 176 valence electrons. The van der Waals surface area contributed by atoms with Crippen molar-refractivity contribution in [3.8, 4) is 0 Å². The molecule has 0 aromatic heterocycles. The first-order valence-corrected chi connectivity index (χ1v) is 15.8. The van der Waals surface area contributed by atoms with E-state index in [0.717, 1.165) is 11.8 Å². The number of hydrogen-bond acceptors (Lipinski definition) is 3. The van der Waals surface area contributed by atoms with E-state index in [1.807, 2.05) is 14.2 Å². The molecule has 0 unspecified atom stereocenters. The monoisotopic (exact) mass is 446 g/mol. The number of rotatable bonds is 24. The van der Waals surface area contributed by atoms with Crippen LogP contribution in [0.5, 0.6) is 0 Å². The predicted octanol–water partition coefficient (Wildman–Crippen LogP) is 9.08. The van der Waals surface area contributed by atoms with E-state index in [-0.39, 0.29) is 0 Å². The highest BCUT2D eigenvalue weighted by atomic mass is 32.1. The third-order valence-electron chi connectivity index (χ3n) is 6.34. The average molecular weight is 447 g/mol. The summed E-state index contributed by atoms with van der Waals surface area (Å²) in [5, 5.41) is 0. The Hall–Kier alpha value is 0.487. The first-order valence-electron chi connectivity index (χ1n) is 13.0. The third-order valence-corrected chi connectivity index (χ3v) is 10.5. The molecule has 0 bridgehead atoms. The molecular formula is C25H54O2SSi. The van der Waals surface area contributed by atoms with Gasteiger partial charge in [-0.1, -0.05) is 122 Å². The molecule has 0 N–H and O–H groups in total. The van der Waals surface area contributed by atoms with E-state index in [1.165, 1.54) is 128 Å². The lowest BCUT2D eigenvalue weighted by molar-refractivity contribution is 0.239. The fourth-order valence-corrected chi connectivity index (χ4v) is 7.34. The molecule has 29 heavy (non-hydrogen) atoms. The van der Waals surface area contributed by atoms with Crippen molar-refractivity contribution in [3.63, 3.8) is 0 Å². The van der Waals surface area contributed by atoms with Gasteiger partial charge >= 0.3 is 8.56 Å². The van der Waals surface area contributed by atoms with Gasteiger partial charge < -0.3 is 8.85 Å². The highest BCUT2D eigenvalue weighted by Crippen LogP contribution is 2.23. The molecule has 0 aliphatic carbocycles. The fraction of sp³-hybridized carbons (Fsp3) is 1.00. The normalized spacial score (nSPS) is 12.0. The minimum Gasteiger partial charge on any atom is -0.398 e. The van der Waals surface area contributed by atoms with Gasteiger partial charge in [-0.05, 0) is 24.3 Å². The molecule has 0 fully saturated rings. The quantitative estimate of drug-likeness (QED) is 0.0905. The second-order valence-corrected chi connectivity index (χ2v) is 13.0. The molecule has 0 heterocycles. The van der Waals surface area contributed by atoms with Gasteiger partial charge in [-0.15, -0.1) is 0 Å². The predicted molar refractivity (Wildman–Crippen MR) is 137 cm³/mol. The molecule has 0 saturated carbocycles. The van der Waals surface area contributed by atoms with E-state index < -0.39 is 8.56 Å². The van der Waals surface area contributed by atoms with Crippen LogP contribution in [-0.2, 0) is 8.85 Å². The lowest BCUT2D eigenvalue weighted by atomic mass is 10.0. The molecule has 2 nitrogen and oxygen atoms in total. The van der Waals surface area contributed by atoms with Crippen molar-refractivity contribution in [1.82, 2.24) is 0 Å². The van der Waals surface area contributed by atoms with Crippen molar-refractivity contribution in [2.24, 2.45) is 0 Å². The molecule has 0 aromatic rings. The molecule has 0 aromatic carbocycles. The largest absolute Gasteiger partial charge is 0.398 e. The molecule has 0 aliphatic rings. The Kier molecular flexibility index (Phi) is 23.5. The Morgan fingerprint density at radius 3 is 1.07 bits per heavy atom. The van der Waals surface area contributed by atoms with Crippen molar-refractivity contribution in [3.05, 3.63) is 0 Å². The van der Waals surface area contributed by atoms with Crippen LogP contribution >= 0.6 is 12.6 Å². The second-order valence-electron chi connectivity index (χ2n) is 8.91. The molecule has 0 spiro atoms. The molecule has 0 radical (unpaired) electrons. The first kappa shape index (κ1) is 29.5. The zero-order valence-corrected chi connectivity index (χ0v) is 22.2. The van der Waals surface area contributed by atoms with Crippen molar-refractivity contribution < 1.29 is 8.85 Å². The molecular weight excluding hydrogens is 392 g/mol. The van der Waals surface area contributed by atoms with E-state index in [2.05, 4.69) is 19.6 Å². The van der Waals surface area contributed by atoms with Gasteiger partial charge in [0.05, 0.1) is 0 Å². The lowest BCUT2D eigenvalue weighted by Crippen LogP contribution is -2.39. The van der Waals surface area contributed by atoms with Gasteiger partial charge in [0, 0.05) is 14.2 Å². The summed E-state index contributed by atoms with van der Waals surface area (Å²) in [5.41, 5.74) is 0. The third kappa shape index (κ3) is 18.9. The summed E-state index contributed by atoms with van der Waals surface area (Å²) in [5.74, 6) is 1.06. The minimum atomic E-state index is -1.86. The zero-order chi connectivity index (χ0) is 21.5. The molecule has 0 rings (SSSR count). The maximum absolute atomic E-state index is 5.78. The highest BCUT2D eigenvalue weighted by molar-refractivity contribution is 7.80. The van der Waals surface area contributed by atoms with Crippen molar-refractivity contribution >= 4 is 21.2 Å². The van der Waals surface area contributed by atoms with Crippen LogP contribution in [0.25, 0.3) is 0 Å². The van der Waals surface area contributed by atoms with Crippen molar-refractivity contribution in [2.75, 3.05) is 20.0 Å². The second kappa shape index (κ2) is 23.2. The summed E-state index contributed by atoms with van der Waals surface area (Å²) in [6.07, 6.45) is 26.7. The van der Waals surface area contributed by atoms with Crippen LogP contribution in [0.2, 0.25) is 12.1 Å². The van der Waals surface area contributed by atoms with Crippen LogP contribution < -0.4 is 0 Å².